The molecular formula is C39H48N4O5. The Morgan fingerprint density at radius 2 is 1.83 bits per heavy atom. The highest BCUT2D eigenvalue weighted by Gasteiger charge is 2.38. The lowest BCUT2D eigenvalue weighted by Gasteiger charge is -2.41. The number of esters is 1. The molecule has 2 aromatic carbocycles. The minimum atomic E-state index is -0.980. The number of carbonyl (C=O) groups excluding carboxylic acids is 1. The summed E-state index contributed by atoms with van der Waals surface area (Å²) in [6, 6.07) is 16.7. The van der Waals surface area contributed by atoms with Gasteiger partial charge in [-0.15, -0.1) is 0 Å². The summed E-state index contributed by atoms with van der Waals surface area (Å²) in [4.78, 5) is 20.9. The molecule has 0 N–H and O–H groups in total. The topological polar surface area (TPSA) is 87.4 Å². The van der Waals surface area contributed by atoms with Gasteiger partial charge in [0.15, 0.2) is 11.8 Å². The van der Waals surface area contributed by atoms with Crippen LogP contribution < -0.4 is 9.64 Å². The number of carbonyl (C=O) groups is 1. The molecule has 9 nitrogen and oxygen atoms in total. The van der Waals surface area contributed by atoms with Gasteiger partial charge in [-0.2, -0.15) is 9.61 Å². The van der Waals surface area contributed by atoms with Crippen LogP contribution >= 0.6 is 0 Å². The molecule has 3 aliphatic heterocycles. The molecule has 254 valence electrons. The lowest BCUT2D eigenvalue weighted by Crippen LogP contribution is -2.45. The first-order valence-electron chi connectivity index (χ1n) is 17.0. The van der Waals surface area contributed by atoms with Crippen molar-refractivity contribution in [3.05, 3.63) is 77.5 Å². The molecule has 6 bridgehead atoms. The van der Waals surface area contributed by atoms with E-state index in [1.54, 1.807) is 0 Å². The molecule has 2 atom stereocenters. The fourth-order valence-corrected chi connectivity index (χ4v) is 6.55. The summed E-state index contributed by atoms with van der Waals surface area (Å²) in [5, 5.41) is 5.18. The molecule has 0 spiro atoms. The van der Waals surface area contributed by atoms with Gasteiger partial charge in [0.05, 0.1) is 35.7 Å². The zero-order valence-electron chi connectivity index (χ0n) is 29.5. The van der Waals surface area contributed by atoms with Crippen LogP contribution in [0.5, 0.6) is 5.75 Å². The van der Waals surface area contributed by atoms with Crippen LogP contribution in [-0.4, -0.2) is 64.2 Å². The van der Waals surface area contributed by atoms with Crippen molar-refractivity contribution in [2.24, 2.45) is 0 Å². The molecule has 9 heteroatoms. The van der Waals surface area contributed by atoms with Crippen molar-refractivity contribution in [1.82, 2.24) is 14.6 Å². The van der Waals surface area contributed by atoms with Crippen LogP contribution in [0.2, 0.25) is 0 Å². The third-order valence-corrected chi connectivity index (χ3v) is 9.01. The van der Waals surface area contributed by atoms with Gasteiger partial charge in [-0.25, -0.2) is 9.78 Å². The average molecular weight is 653 g/mol. The van der Waals surface area contributed by atoms with Crippen molar-refractivity contribution in [3.8, 4) is 28.1 Å². The lowest BCUT2D eigenvalue weighted by molar-refractivity contribution is -0.166. The standard InChI is InChI=1S/C39H48N4O5/c1-9-45-37(44)35(48-38(5,6)7)34-27(4)40-33-24-31-29-14-10-13-28(23-29)30-16-15-25(2)22-32(30)47-26(3)12-11-21-46-39(8)17-19-42(20-18-39)36(34)43(33)41-31/h10-16,22-24,26,35H,9,17-21H2,1-8H3/b12-11+/t26-,35-/m0/s1. The third-order valence-electron chi connectivity index (χ3n) is 9.01. The summed E-state index contributed by atoms with van der Waals surface area (Å²) < 4.78 is 26.9. The van der Waals surface area contributed by atoms with Crippen molar-refractivity contribution in [1.29, 1.82) is 0 Å². The molecule has 5 heterocycles. The van der Waals surface area contributed by atoms with Gasteiger partial charge in [-0.1, -0.05) is 36.4 Å². The van der Waals surface area contributed by atoms with Gasteiger partial charge in [-0.3, -0.25) is 0 Å². The Morgan fingerprint density at radius 3 is 2.56 bits per heavy atom. The third kappa shape index (κ3) is 7.12. The van der Waals surface area contributed by atoms with E-state index in [4.69, 9.17) is 29.0 Å². The monoisotopic (exact) mass is 652 g/mol. The zero-order valence-corrected chi connectivity index (χ0v) is 29.5. The van der Waals surface area contributed by atoms with Crippen LogP contribution in [0.3, 0.4) is 0 Å². The number of nitrogens with zero attached hydrogens (tertiary/aromatic N) is 4. The predicted octanol–water partition coefficient (Wildman–Crippen LogP) is 7.81. The number of hydrogen-bond acceptors (Lipinski definition) is 8. The van der Waals surface area contributed by atoms with E-state index >= 15 is 0 Å². The minimum Gasteiger partial charge on any atom is -0.486 e. The Morgan fingerprint density at radius 1 is 1.08 bits per heavy atom. The fraction of sp³-hybridized carbons (Fsp3) is 0.462. The highest BCUT2D eigenvalue weighted by molar-refractivity contribution is 5.81. The largest absolute Gasteiger partial charge is 0.486 e. The second-order valence-corrected chi connectivity index (χ2v) is 14.2. The maximum Gasteiger partial charge on any atom is 0.340 e. The van der Waals surface area contributed by atoms with E-state index in [-0.39, 0.29) is 18.3 Å². The van der Waals surface area contributed by atoms with Crippen molar-refractivity contribution >= 4 is 17.4 Å². The van der Waals surface area contributed by atoms with E-state index in [1.807, 2.05) is 51.3 Å². The first-order chi connectivity index (χ1) is 22.8. The Labute approximate surface area is 283 Å². The SMILES string of the molecule is CCOC(=O)[C@@H](OC(C)(C)C)c1c(C)nc2cc3nn2c1N1CCC(C)(CC1)OC/C=C/[C@H](C)Oc1cc(C)ccc1-c1cccc-3c1. The van der Waals surface area contributed by atoms with Crippen LogP contribution in [0.25, 0.3) is 28.0 Å². The summed E-state index contributed by atoms with van der Waals surface area (Å²) in [6.45, 7) is 18.0. The van der Waals surface area contributed by atoms with Crippen molar-refractivity contribution in [2.75, 3.05) is 31.2 Å². The van der Waals surface area contributed by atoms with Crippen LogP contribution in [0, 0.1) is 13.8 Å². The number of fused-ring (bicyclic) bond motifs is 6. The zero-order chi connectivity index (χ0) is 34.2. The molecule has 3 aliphatic rings. The normalized spacial score (nSPS) is 21.2. The molecule has 1 fully saturated rings. The molecule has 7 rings (SSSR count). The van der Waals surface area contributed by atoms with Gasteiger partial charge < -0.3 is 23.8 Å². The summed E-state index contributed by atoms with van der Waals surface area (Å²) in [5.41, 5.74) is 6.03. The molecule has 0 radical (unpaired) electrons. The fourth-order valence-electron chi connectivity index (χ4n) is 6.55. The molecule has 0 aliphatic carbocycles. The number of piperidine rings is 1. The molecule has 4 aromatic rings. The van der Waals surface area contributed by atoms with Crippen LogP contribution in [0.4, 0.5) is 5.82 Å². The molecule has 48 heavy (non-hydrogen) atoms. The summed E-state index contributed by atoms with van der Waals surface area (Å²) in [6.07, 6.45) is 4.59. The smallest absolute Gasteiger partial charge is 0.340 e. The van der Waals surface area contributed by atoms with Gasteiger partial charge in [0.25, 0.3) is 0 Å². The minimum absolute atomic E-state index is 0.139. The Hall–Kier alpha value is -4.21. The maximum absolute atomic E-state index is 13.6. The first kappa shape index (κ1) is 33.7. The lowest BCUT2D eigenvalue weighted by atomic mass is 9.92. The summed E-state index contributed by atoms with van der Waals surface area (Å²) >= 11 is 0. The van der Waals surface area contributed by atoms with E-state index < -0.39 is 17.7 Å². The first-order valence-corrected chi connectivity index (χ1v) is 17.0. The van der Waals surface area contributed by atoms with E-state index in [1.165, 1.54) is 0 Å². The number of aromatic nitrogens is 3. The van der Waals surface area contributed by atoms with Crippen LogP contribution in [0.1, 0.15) is 77.3 Å². The molecule has 0 amide bonds. The second-order valence-electron chi connectivity index (χ2n) is 14.2. The Bertz CT molecular complexity index is 1830. The van der Waals surface area contributed by atoms with Crippen LogP contribution in [-0.2, 0) is 19.0 Å². The van der Waals surface area contributed by atoms with Gasteiger partial charge in [0.1, 0.15) is 17.7 Å². The molecule has 1 saturated heterocycles. The number of aryl methyl sites for hydroxylation is 2. The van der Waals surface area contributed by atoms with E-state index in [9.17, 15) is 4.79 Å². The Balaban J connectivity index is 1.56. The number of benzene rings is 2. The van der Waals surface area contributed by atoms with Crippen molar-refractivity contribution in [3.63, 3.8) is 0 Å². The van der Waals surface area contributed by atoms with Crippen molar-refractivity contribution in [2.45, 2.75) is 91.6 Å². The summed E-state index contributed by atoms with van der Waals surface area (Å²) in [5.74, 6) is 1.18. The van der Waals surface area contributed by atoms with E-state index in [2.05, 4.69) is 74.2 Å². The number of ether oxygens (including phenoxy) is 4. The van der Waals surface area contributed by atoms with E-state index in [0.29, 0.717) is 36.6 Å². The molecule has 0 unspecified atom stereocenters. The molecule has 0 saturated carbocycles. The predicted molar refractivity (Wildman–Crippen MR) is 189 cm³/mol. The van der Waals surface area contributed by atoms with Gasteiger partial charge in [0.2, 0.25) is 0 Å². The maximum atomic E-state index is 13.6. The Kier molecular flexibility index (Phi) is 9.37. The highest BCUT2D eigenvalue weighted by Crippen LogP contribution is 2.40. The van der Waals surface area contributed by atoms with Gasteiger partial charge >= 0.3 is 5.97 Å². The van der Waals surface area contributed by atoms with Crippen molar-refractivity contribution < 1.29 is 23.7 Å². The van der Waals surface area contributed by atoms with Gasteiger partial charge in [-0.05, 0) is 97.6 Å². The molecule has 2 aromatic heterocycles. The number of rotatable bonds is 4. The highest BCUT2D eigenvalue weighted by atomic mass is 16.6. The molecular weight excluding hydrogens is 604 g/mol. The second kappa shape index (κ2) is 13.4. The quantitative estimate of drug-likeness (QED) is 0.163. The number of hydrogen-bond donors (Lipinski definition) is 0. The summed E-state index contributed by atoms with van der Waals surface area (Å²) in [7, 11) is 0. The number of anilines is 1. The van der Waals surface area contributed by atoms with Crippen LogP contribution in [0.15, 0.2) is 60.7 Å². The van der Waals surface area contributed by atoms with E-state index in [0.717, 1.165) is 52.4 Å². The van der Waals surface area contributed by atoms with Gasteiger partial charge in [0, 0.05) is 36.0 Å². The average Bonchev–Trinajstić information content (AvgIpc) is 3.45.